The molecule has 0 aliphatic heterocycles. The van der Waals surface area contributed by atoms with Gasteiger partial charge in [-0.3, -0.25) is 4.72 Å². The third-order valence-corrected chi connectivity index (χ3v) is 5.59. The fraction of sp³-hybridized carbons (Fsp3) is 0. The van der Waals surface area contributed by atoms with Crippen molar-refractivity contribution in [3.8, 4) is 0 Å². The number of rotatable bonds is 3. The Bertz CT molecular complexity index is 922. The highest BCUT2D eigenvalue weighted by Crippen LogP contribution is 2.27. The standard InChI is InChI=1S/C13H10BrN3O2S2/c14-8-1-4-13(10(15)5-8)21(18,19)17-9-2-3-11-12(6-9)20-7-16-11/h1-7,17H,15H2. The molecule has 0 amide bonds. The zero-order valence-electron chi connectivity index (χ0n) is 10.6. The second-order valence-electron chi connectivity index (χ2n) is 4.32. The predicted octanol–water partition coefficient (Wildman–Crippen LogP) is 3.44. The fourth-order valence-corrected chi connectivity index (χ4v) is 4.15. The van der Waals surface area contributed by atoms with Crippen molar-refractivity contribution in [2.24, 2.45) is 0 Å². The molecule has 0 saturated heterocycles. The Balaban J connectivity index is 1.98. The van der Waals surface area contributed by atoms with Gasteiger partial charge in [0.25, 0.3) is 10.0 Å². The van der Waals surface area contributed by atoms with E-state index in [4.69, 9.17) is 5.73 Å². The highest BCUT2D eigenvalue weighted by atomic mass is 79.9. The van der Waals surface area contributed by atoms with Crippen molar-refractivity contribution < 1.29 is 8.42 Å². The van der Waals surface area contributed by atoms with Crippen LogP contribution in [0.15, 0.2) is 51.3 Å². The minimum atomic E-state index is -3.72. The van der Waals surface area contributed by atoms with Gasteiger partial charge in [0.1, 0.15) is 4.90 Å². The van der Waals surface area contributed by atoms with Gasteiger partial charge in [-0.1, -0.05) is 15.9 Å². The fourth-order valence-electron chi connectivity index (χ4n) is 1.89. The van der Waals surface area contributed by atoms with E-state index in [2.05, 4.69) is 25.6 Å². The van der Waals surface area contributed by atoms with Gasteiger partial charge >= 0.3 is 0 Å². The summed E-state index contributed by atoms with van der Waals surface area (Å²) in [6, 6.07) is 9.86. The number of halogens is 1. The maximum atomic E-state index is 12.4. The van der Waals surface area contributed by atoms with E-state index < -0.39 is 10.0 Å². The van der Waals surface area contributed by atoms with Gasteiger partial charge in [0, 0.05) is 4.47 Å². The van der Waals surface area contributed by atoms with Crippen LogP contribution in [0, 0.1) is 0 Å². The largest absolute Gasteiger partial charge is 0.398 e. The number of nitrogens with zero attached hydrogens (tertiary/aromatic N) is 1. The van der Waals surface area contributed by atoms with Gasteiger partial charge in [0.2, 0.25) is 0 Å². The molecule has 0 radical (unpaired) electrons. The number of fused-ring (bicyclic) bond motifs is 1. The van der Waals surface area contributed by atoms with Crippen LogP contribution in [0.2, 0.25) is 0 Å². The van der Waals surface area contributed by atoms with Gasteiger partial charge in [-0.15, -0.1) is 11.3 Å². The summed E-state index contributed by atoms with van der Waals surface area (Å²) in [6.45, 7) is 0. The summed E-state index contributed by atoms with van der Waals surface area (Å²) in [7, 11) is -3.72. The molecule has 0 aliphatic rings. The minimum Gasteiger partial charge on any atom is -0.398 e. The topological polar surface area (TPSA) is 85.1 Å². The number of thiazole rings is 1. The van der Waals surface area contributed by atoms with E-state index in [1.54, 1.807) is 35.8 Å². The van der Waals surface area contributed by atoms with Crippen LogP contribution in [-0.2, 0) is 10.0 Å². The van der Waals surface area contributed by atoms with E-state index in [-0.39, 0.29) is 10.6 Å². The molecule has 0 spiro atoms. The number of nitrogen functional groups attached to an aromatic ring is 1. The van der Waals surface area contributed by atoms with Gasteiger partial charge in [0.05, 0.1) is 27.1 Å². The zero-order valence-corrected chi connectivity index (χ0v) is 13.8. The molecular formula is C13H10BrN3O2S2. The normalized spacial score (nSPS) is 11.7. The number of sulfonamides is 1. The zero-order chi connectivity index (χ0) is 15.0. The molecule has 1 aromatic heterocycles. The average molecular weight is 384 g/mol. The molecule has 21 heavy (non-hydrogen) atoms. The number of hydrogen-bond donors (Lipinski definition) is 2. The van der Waals surface area contributed by atoms with E-state index in [0.29, 0.717) is 5.69 Å². The molecule has 0 atom stereocenters. The lowest BCUT2D eigenvalue weighted by molar-refractivity contribution is 0.601. The van der Waals surface area contributed by atoms with Crippen LogP contribution in [0.3, 0.4) is 0 Å². The lowest BCUT2D eigenvalue weighted by Crippen LogP contribution is -2.14. The summed E-state index contributed by atoms with van der Waals surface area (Å²) in [4.78, 5) is 4.21. The quantitative estimate of drug-likeness (QED) is 0.678. The summed E-state index contributed by atoms with van der Waals surface area (Å²) >= 11 is 4.70. The molecule has 2 aromatic carbocycles. The molecule has 0 unspecified atom stereocenters. The molecule has 0 bridgehead atoms. The van der Waals surface area contributed by atoms with E-state index in [0.717, 1.165) is 14.7 Å². The Hall–Kier alpha value is -1.64. The van der Waals surface area contributed by atoms with Crippen molar-refractivity contribution in [1.29, 1.82) is 0 Å². The van der Waals surface area contributed by atoms with Crippen molar-refractivity contribution in [2.75, 3.05) is 10.5 Å². The van der Waals surface area contributed by atoms with Crippen molar-refractivity contribution in [2.45, 2.75) is 4.90 Å². The van der Waals surface area contributed by atoms with E-state index in [1.807, 2.05) is 0 Å². The summed E-state index contributed by atoms with van der Waals surface area (Å²) in [5, 5.41) is 0. The van der Waals surface area contributed by atoms with E-state index in [1.165, 1.54) is 17.4 Å². The summed E-state index contributed by atoms with van der Waals surface area (Å²) < 4.78 is 29.0. The van der Waals surface area contributed by atoms with Crippen molar-refractivity contribution >= 4 is 58.9 Å². The smallest absolute Gasteiger partial charge is 0.263 e. The Morgan fingerprint density at radius 3 is 2.76 bits per heavy atom. The molecular weight excluding hydrogens is 374 g/mol. The first-order chi connectivity index (χ1) is 9.95. The molecule has 0 saturated carbocycles. The number of nitrogens with two attached hydrogens (primary N) is 1. The molecule has 108 valence electrons. The van der Waals surface area contributed by atoms with Gasteiger partial charge in [-0.25, -0.2) is 13.4 Å². The van der Waals surface area contributed by atoms with Crippen molar-refractivity contribution in [1.82, 2.24) is 4.98 Å². The van der Waals surface area contributed by atoms with Gasteiger partial charge in [-0.2, -0.15) is 0 Å². The number of aromatic nitrogens is 1. The Morgan fingerprint density at radius 2 is 2.00 bits per heavy atom. The van der Waals surface area contributed by atoms with Gasteiger partial charge in [-0.05, 0) is 36.4 Å². The van der Waals surface area contributed by atoms with Gasteiger partial charge < -0.3 is 5.73 Å². The highest BCUT2D eigenvalue weighted by molar-refractivity contribution is 9.10. The number of nitrogens with one attached hydrogen (secondary N) is 1. The third-order valence-electron chi connectivity index (χ3n) is 2.84. The van der Waals surface area contributed by atoms with Crippen LogP contribution in [0.1, 0.15) is 0 Å². The molecule has 0 aliphatic carbocycles. The summed E-state index contributed by atoms with van der Waals surface area (Å²) in [6.07, 6.45) is 0. The first-order valence-corrected chi connectivity index (χ1v) is 9.02. The van der Waals surface area contributed by atoms with Crippen LogP contribution >= 0.6 is 27.3 Å². The Kier molecular flexibility index (Phi) is 3.60. The molecule has 3 rings (SSSR count). The molecule has 1 heterocycles. The van der Waals surface area contributed by atoms with E-state index in [9.17, 15) is 8.42 Å². The summed E-state index contributed by atoms with van der Waals surface area (Å²) in [5.41, 5.74) is 9.01. The second-order valence-corrected chi connectivity index (χ2v) is 7.78. The van der Waals surface area contributed by atoms with Crippen molar-refractivity contribution in [3.63, 3.8) is 0 Å². The number of hydrogen-bond acceptors (Lipinski definition) is 5. The molecule has 3 aromatic rings. The average Bonchev–Trinajstić information content (AvgIpc) is 2.85. The van der Waals surface area contributed by atoms with Crippen LogP contribution in [-0.4, -0.2) is 13.4 Å². The van der Waals surface area contributed by atoms with Crippen LogP contribution in [0.25, 0.3) is 10.2 Å². The number of anilines is 2. The van der Waals surface area contributed by atoms with Crippen LogP contribution < -0.4 is 10.5 Å². The monoisotopic (exact) mass is 383 g/mol. The first kappa shape index (κ1) is 14.3. The lowest BCUT2D eigenvalue weighted by atomic mass is 10.3. The first-order valence-electron chi connectivity index (χ1n) is 5.87. The molecule has 0 fully saturated rings. The maximum Gasteiger partial charge on any atom is 0.263 e. The highest BCUT2D eigenvalue weighted by Gasteiger charge is 2.18. The predicted molar refractivity (Wildman–Crippen MR) is 89.0 cm³/mol. The summed E-state index contributed by atoms with van der Waals surface area (Å²) in [5.74, 6) is 0. The minimum absolute atomic E-state index is 0.0510. The third kappa shape index (κ3) is 2.87. The van der Waals surface area contributed by atoms with Crippen LogP contribution in [0.4, 0.5) is 11.4 Å². The Labute approximate surface area is 134 Å². The number of benzene rings is 2. The molecule has 5 nitrogen and oxygen atoms in total. The lowest BCUT2D eigenvalue weighted by Gasteiger charge is -2.10. The van der Waals surface area contributed by atoms with E-state index >= 15 is 0 Å². The van der Waals surface area contributed by atoms with Crippen LogP contribution in [0.5, 0.6) is 0 Å². The second kappa shape index (κ2) is 5.28. The molecule has 8 heteroatoms. The Morgan fingerprint density at radius 1 is 1.19 bits per heavy atom. The SMILES string of the molecule is Nc1cc(Br)ccc1S(=O)(=O)Nc1ccc2ncsc2c1. The molecule has 3 N–H and O–H groups in total. The maximum absolute atomic E-state index is 12.4. The van der Waals surface area contributed by atoms with Crippen molar-refractivity contribution in [3.05, 3.63) is 46.4 Å². The van der Waals surface area contributed by atoms with Gasteiger partial charge in [0.15, 0.2) is 0 Å².